The van der Waals surface area contributed by atoms with Gasteiger partial charge in [0.2, 0.25) is 11.8 Å². The first-order chi connectivity index (χ1) is 7.50. The van der Waals surface area contributed by atoms with E-state index in [1.807, 2.05) is 0 Å². The van der Waals surface area contributed by atoms with Gasteiger partial charge in [0.05, 0.1) is 12.6 Å². The third-order valence-corrected chi connectivity index (χ3v) is 2.57. The summed E-state index contributed by atoms with van der Waals surface area (Å²) in [6, 6.07) is 0.138. The first-order valence-corrected chi connectivity index (χ1v) is 5.45. The third-order valence-electron chi connectivity index (χ3n) is 2.57. The highest BCUT2D eigenvalue weighted by atomic mass is 16.2. The topological polar surface area (TPSA) is 73.5 Å². The van der Waals surface area contributed by atoms with E-state index in [-0.39, 0.29) is 24.4 Å². The summed E-state index contributed by atoms with van der Waals surface area (Å²) in [7, 11) is 3.33. The van der Waals surface area contributed by atoms with E-state index >= 15 is 0 Å². The third kappa shape index (κ3) is 3.79. The Hall–Kier alpha value is -1.14. The standard InChI is InChI=1S/C10H20N4O2/c1-7-4-12-8(5-11-7)10(16)13-6-9(15)14(2)3/h7-8,11-12H,4-6H2,1-3H3,(H,13,16). The van der Waals surface area contributed by atoms with Crippen molar-refractivity contribution in [2.24, 2.45) is 0 Å². The zero-order valence-electron chi connectivity index (χ0n) is 10.0. The summed E-state index contributed by atoms with van der Waals surface area (Å²) in [6.07, 6.45) is 0. The summed E-state index contributed by atoms with van der Waals surface area (Å²) < 4.78 is 0. The number of nitrogens with one attached hydrogen (secondary N) is 3. The molecule has 16 heavy (non-hydrogen) atoms. The minimum Gasteiger partial charge on any atom is -0.347 e. The van der Waals surface area contributed by atoms with Crippen LogP contribution in [0.2, 0.25) is 0 Å². The molecule has 92 valence electrons. The number of likely N-dealkylation sites (N-methyl/N-ethyl adjacent to an activating group) is 1. The summed E-state index contributed by atoms with van der Waals surface area (Å²) in [6.45, 7) is 3.47. The molecule has 1 aliphatic heterocycles. The highest BCUT2D eigenvalue weighted by Crippen LogP contribution is 1.92. The predicted molar refractivity (Wildman–Crippen MR) is 61.0 cm³/mol. The van der Waals surface area contributed by atoms with Crippen LogP contribution in [-0.2, 0) is 9.59 Å². The number of amides is 2. The van der Waals surface area contributed by atoms with Crippen molar-refractivity contribution in [2.45, 2.75) is 19.0 Å². The van der Waals surface area contributed by atoms with Gasteiger partial charge in [-0.25, -0.2) is 0 Å². The number of carbonyl (C=O) groups is 2. The molecule has 1 aliphatic rings. The van der Waals surface area contributed by atoms with Gasteiger partial charge >= 0.3 is 0 Å². The molecule has 0 spiro atoms. The zero-order chi connectivity index (χ0) is 12.1. The number of nitrogens with zero attached hydrogens (tertiary/aromatic N) is 1. The van der Waals surface area contributed by atoms with E-state index in [9.17, 15) is 9.59 Å². The molecular weight excluding hydrogens is 208 g/mol. The predicted octanol–water partition coefficient (Wildman–Crippen LogP) is -1.86. The van der Waals surface area contributed by atoms with Crippen LogP contribution in [0.3, 0.4) is 0 Å². The summed E-state index contributed by atoms with van der Waals surface area (Å²) in [5.74, 6) is -0.236. The molecule has 2 unspecified atom stereocenters. The molecule has 0 bridgehead atoms. The van der Waals surface area contributed by atoms with Crippen LogP contribution in [0.1, 0.15) is 6.92 Å². The molecule has 2 atom stereocenters. The molecular formula is C10H20N4O2. The lowest BCUT2D eigenvalue weighted by atomic mass is 10.1. The van der Waals surface area contributed by atoms with Crippen molar-refractivity contribution >= 4 is 11.8 Å². The Labute approximate surface area is 95.8 Å². The maximum Gasteiger partial charge on any atom is 0.241 e. The highest BCUT2D eigenvalue weighted by Gasteiger charge is 2.23. The van der Waals surface area contributed by atoms with Gasteiger partial charge in [0, 0.05) is 33.2 Å². The molecule has 0 aromatic heterocycles. The van der Waals surface area contributed by atoms with E-state index < -0.39 is 0 Å². The fraction of sp³-hybridized carbons (Fsp3) is 0.800. The van der Waals surface area contributed by atoms with Gasteiger partial charge in [0.25, 0.3) is 0 Å². The number of rotatable bonds is 3. The normalized spacial score (nSPS) is 24.9. The smallest absolute Gasteiger partial charge is 0.241 e. The monoisotopic (exact) mass is 228 g/mol. The summed E-state index contributed by atoms with van der Waals surface area (Å²) in [4.78, 5) is 24.4. The van der Waals surface area contributed by atoms with E-state index in [1.165, 1.54) is 4.90 Å². The van der Waals surface area contributed by atoms with E-state index in [2.05, 4.69) is 22.9 Å². The lowest BCUT2D eigenvalue weighted by molar-refractivity contribution is -0.131. The fourth-order valence-corrected chi connectivity index (χ4v) is 1.41. The molecule has 0 aromatic rings. The lowest BCUT2D eigenvalue weighted by Gasteiger charge is -2.28. The summed E-state index contributed by atoms with van der Waals surface area (Å²) in [5, 5.41) is 8.94. The van der Waals surface area contributed by atoms with Gasteiger partial charge in [-0.2, -0.15) is 0 Å². The van der Waals surface area contributed by atoms with Gasteiger partial charge in [-0.3, -0.25) is 9.59 Å². The fourth-order valence-electron chi connectivity index (χ4n) is 1.41. The SMILES string of the molecule is CC1CNC(C(=O)NCC(=O)N(C)C)CN1. The maximum absolute atomic E-state index is 11.6. The Balaban J connectivity index is 2.27. The molecule has 1 heterocycles. The van der Waals surface area contributed by atoms with Crippen LogP contribution in [0, 0.1) is 0 Å². The van der Waals surface area contributed by atoms with Gasteiger partial charge in [-0.1, -0.05) is 0 Å². The van der Waals surface area contributed by atoms with Crippen LogP contribution in [-0.4, -0.2) is 62.5 Å². The molecule has 0 aromatic carbocycles. The van der Waals surface area contributed by atoms with E-state index in [0.717, 1.165) is 6.54 Å². The van der Waals surface area contributed by atoms with Crippen LogP contribution in [0.4, 0.5) is 0 Å². The molecule has 1 rings (SSSR count). The molecule has 0 saturated carbocycles. The molecule has 6 heteroatoms. The zero-order valence-corrected chi connectivity index (χ0v) is 10.0. The maximum atomic E-state index is 11.6. The largest absolute Gasteiger partial charge is 0.347 e. The highest BCUT2D eigenvalue weighted by molar-refractivity contribution is 5.87. The number of hydrogen-bond acceptors (Lipinski definition) is 4. The van der Waals surface area contributed by atoms with Crippen LogP contribution < -0.4 is 16.0 Å². The van der Waals surface area contributed by atoms with Gasteiger partial charge in [-0.15, -0.1) is 0 Å². The van der Waals surface area contributed by atoms with Crippen LogP contribution in [0.15, 0.2) is 0 Å². The minimum atomic E-state index is -0.244. The second-order valence-corrected chi connectivity index (χ2v) is 4.28. The molecule has 1 saturated heterocycles. The van der Waals surface area contributed by atoms with Crippen molar-refractivity contribution < 1.29 is 9.59 Å². The average molecular weight is 228 g/mol. The first-order valence-electron chi connectivity index (χ1n) is 5.45. The van der Waals surface area contributed by atoms with Crippen molar-refractivity contribution in [3.8, 4) is 0 Å². The number of piperazine rings is 1. The van der Waals surface area contributed by atoms with E-state index in [1.54, 1.807) is 14.1 Å². The summed E-state index contributed by atoms with van der Waals surface area (Å²) in [5.41, 5.74) is 0. The Kier molecular flexibility index (Phi) is 4.70. The van der Waals surface area contributed by atoms with E-state index in [4.69, 9.17) is 0 Å². The van der Waals surface area contributed by atoms with Gasteiger partial charge < -0.3 is 20.9 Å². The Morgan fingerprint density at radius 2 is 2.00 bits per heavy atom. The van der Waals surface area contributed by atoms with Crippen molar-refractivity contribution in [1.29, 1.82) is 0 Å². The van der Waals surface area contributed by atoms with Crippen molar-refractivity contribution in [3.05, 3.63) is 0 Å². The Bertz CT molecular complexity index is 260. The van der Waals surface area contributed by atoms with Gasteiger partial charge in [0.15, 0.2) is 0 Å². The molecule has 3 N–H and O–H groups in total. The molecule has 0 radical (unpaired) electrons. The number of carbonyl (C=O) groups excluding carboxylic acids is 2. The number of hydrogen-bond donors (Lipinski definition) is 3. The first kappa shape index (κ1) is 12.9. The summed E-state index contributed by atoms with van der Waals surface area (Å²) >= 11 is 0. The van der Waals surface area contributed by atoms with Gasteiger partial charge in [-0.05, 0) is 6.92 Å². The second-order valence-electron chi connectivity index (χ2n) is 4.28. The van der Waals surface area contributed by atoms with Crippen LogP contribution >= 0.6 is 0 Å². The van der Waals surface area contributed by atoms with Crippen molar-refractivity contribution in [1.82, 2.24) is 20.9 Å². The Morgan fingerprint density at radius 1 is 1.31 bits per heavy atom. The molecule has 1 fully saturated rings. The molecule has 0 aliphatic carbocycles. The van der Waals surface area contributed by atoms with Gasteiger partial charge in [0.1, 0.15) is 0 Å². The van der Waals surface area contributed by atoms with Crippen molar-refractivity contribution in [3.63, 3.8) is 0 Å². The Morgan fingerprint density at radius 3 is 2.50 bits per heavy atom. The lowest BCUT2D eigenvalue weighted by Crippen LogP contribution is -2.59. The minimum absolute atomic E-state index is 0.0551. The molecule has 6 nitrogen and oxygen atoms in total. The van der Waals surface area contributed by atoms with E-state index in [0.29, 0.717) is 12.6 Å². The van der Waals surface area contributed by atoms with Crippen LogP contribution in [0.5, 0.6) is 0 Å². The van der Waals surface area contributed by atoms with Crippen LogP contribution in [0.25, 0.3) is 0 Å². The molecule has 2 amide bonds. The average Bonchev–Trinajstić information content (AvgIpc) is 2.26. The second kappa shape index (κ2) is 5.81. The van der Waals surface area contributed by atoms with Crippen molar-refractivity contribution in [2.75, 3.05) is 33.7 Å². The quantitative estimate of drug-likeness (QED) is 0.530.